The van der Waals surface area contributed by atoms with Gasteiger partial charge < -0.3 is 4.74 Å². The van der Waals surface area contributed by atoms with Crippen molar-refractivity contribution >= 4 is 23.4 Å². The largest absolute Gasteiger partial charge is 0.488 e. The number of hydrogen-bond acceptors (Lipinski definition) is 3. The zero-order valence-electron chi connectivity index (χ0n) is 10.6. The van der Waals surface area contributed by atoms with Crippen LogP contribution in [0.15, 0.2) is 49.0 Å². The van der Waals surface area contributed by atoms with Crippen molar-refractivity contribution in [2.75, 3.05) is 0 Å². The van der Waals surface area contributed by atoms with Crippen LogP contribution in [0.2, 0.25) is 5.02 Å². The van der Waals surface area contributed by atoms with E-state index in [1.165, 1.54) is 6.07 Å². The van der Waals surface area contributed by atoms with E-state index in [1.807, 2.05) is 0 Å². The summed E-state index contributed by atoms with van der Waals surface area (Å²) in [5.74, 6) is 0.586. The molecule has 0 spiro atoms. The number of nitro groups is 1. The highest BCUT2D eigenvalue weighted by Crippen LogP contribution is 2.26. The van der Waals surface area contributed by atoms with Crippen LogP contribution < -0.4 is 4.74 Å². The van der Waals surface area contributed by atoms with Crippen LogP contribution in [0, 0.1) is 10.1 Å². The first-order valence-corrected chi connectivity index (χ1v) is 6.26. The molecule has 0 atom stereocenters. The third-order valence-corrected chi connectivity index (χ3v) is 3.00. The first-order chi connectivity index (χ1) is 9.61. The first-order valence-electron chi connectivity index (χ1n) is 5.89. The Morgan fingerprint density at radius 2 is 2.05 bits per heavy atom. The predicted molar refractivity (Wildman–Crippen MR) is 79.0 cm³/mol. The molecule has 0 saturated carbocycles. The fourth-order valence-electron chi connectivity index (χ4n) is 1.78. The lowest BCUT2D eigenvalue weighted by molar-refractivity contribution is -0.385. The van der Waals surface area contributed by atoms with Crippen molar-refractivity contribution in [1.29, 1.82) is 0 Å². The van der Waals surface area contributed by atoms with Gasteiger partial charge in [0.2, 0.25) is 0 Å². The fourth-order valence-corrected chi connectivity index (χ4v) is 1.96. The van der Waals surface area contributed by atoms with E-state index >= 15 is 0 Å². The Bertz CT molecular complexity index is 655. The summed E-state index contributed by atoms with van der Waals surface area (Å²) < 4.78 is 5.63. The van der Waals surface area contributed by atoms with Gasteiger partial charge in [0.15, 0.2) is 0 Å². The highest BCUT2D eigenvalue weighted by Gasteiger charge is 2.13. The lowest BCUT2D eigenvalue weighted by Gasteiger charge is -2.10. The zero-order valence-corrected chi connectivity index (χ0v) is 11.3. The van der Waals surface area contributed by atoms with Crippen molar-refractivity contribution in [1.82, 2.24) is 0 Å². The summed E-state index contributed by atoms with van der Waals surface area (Å²) in [6.07, 6.45) is 1.63. The van der Waals surface area contributed by atoms with Crippen molar-refractivity contribution in [3.63, 3.8) is 0 Å². The highest BCUT2D eigenvalue weighted by atomic mass is 35.5. The van der Waals surface area contributed by atoms with Crippen molar-refractivity contribution in [3.8, 4) is 5.75 Å². The van der Waals surface area contributed by atoms with E-state index in [0.29, 0.717) is 16.3 Å². The van der Waals surface area contributed by atoms with E-state index in [9.17, 15) is 10.1 Å². The molecule has 2 aromatic rings. The van der Waals surface area contributed by atoms with E-state index < -0.39 is 4.92 Å². The third kappa shape index (κ3) is 3.16. The van der Waals surface area contributed by atoms with Gasteiger partial charge in [-0.05, 0) is 24.3 Å². The van der Waals surface area contributed by atoms with Crippen molar-refractivity contribution in [2.45, 2.75) is 6.61 Å². The van der Waals surface area contributed by atoms with Gasteiger partial charge in [-0.3, -0.25) is 10.1 Å². The first kappa shape index (κ1) is 14.1. The van der Waals surface area contributed by atoms with Crippen molar-refractivity contribution in [3.05, 3.63) is 75.3 Å². The molecule has 0 radical (unpaired) electrons. The number of rotatable bonds is 5. The number of benzene rings is 2. The topological polar surface area (TPSA) is 52.4 Å². The van der Waals surface area contributed by atoms with Crippen LogP contribution in [0.25, 0.3) is 6.08 Å². The molecule has 4 nitrogen and oxygen atoms in total. The Hall–Kier alpha value is -2.33. The normalized spacial score (nSPS) is 10.1. The molecule has 5 heteroatoms. The van der Waals surface area contributed by atoms with Crippen LogP contribution in [0.4, 0.5) is 5.69 Å². The fraction of sp³-hybridized carbons (Fsp3) is 0.0667. The Morgan fingerprint density at radius 3 is 2.75 bits per heavy atom. The summed E-state index contributed by atoms with van der Waals surface area (Å²) in [7, 11) is 0. The number of halogens is 1. The maximum absolute atomic E-state index is 10.9. The number of para-hydroxylation sites is 1. The molecule has 102 valence electrons. The van der Waals surface area contributed by atoms with Crippen LogP contribution in [0.1, 0.15) is 11.1 Å². The number of nitrogens with zero attached hydrogens (tertiary/aromatic N) is 1. The number of nitro benzene ring substituents is 1. The van der Waals surface area contributed by atoms with E-state index in [2.05, 4.69) is 6.58 Å². The number of ether oxygens (including phenoxy) is 1. The molecule has 0 heterocycles. The predicted octanol–water partition coefficient (Wildman–Crippen LogP) is 4.47. The standard InChI is InChI=1S/C15H12ClNO3/c1-2-11-9-13(16)7-8-15(11)20-10-12-5-3-4-6-14(12)17(18)19/h2-9H,1,10H2. The van der Waals surface area contributed by atoms with Gasteiger partial charge in [0.25, 0.3) is 5.69 Å². The molecule has 0 unspecified atom stereocenters. The number of hydrogen-bond donors (Lipinski definition) is 0. The Kier molecular flexibility index (Phi) is 4.38. The highest BCUT2D eigenvalue weighted by molar-refractivity contribution is 6.30. The molecule has 0 N–H and O–H groups in total. The molecule has 0 saturated heterocycles. The average molecular weight is 290 g/mol. The third-order valence-electron chi connectivity index (χ3n) is 2.76. The molecule has 0 aliphatic heterocycles. The van der Waals surface area contributed by atoms with Gasteiger partial charge in [0.05, 0.1) is 10.5 Å². The van der Waals surface area contributed by atoms with Crippen LogP contribution in [-0.4, -0.2) is 4.92 Å². The van der Waals surface area contributed by atoms with Gasteiger partial charge in [-0.1, -0.05) is 36.4 Å². The molecular weight excluding hydrogens is 278 g/mol. The quantitative estimate of drug-likeness (QED) is 0.603. The van der Waals surface area contributed by atoms with Crippen LogP contribution >= 0.6 is 11.6 Å². The SMILES string of the molecule is C=Cc1cc(Cl)ccc1OCc1ccccc1[N+](=O)[O-]. The van der Waals surface area contributed by atoms with Crippen LogP contribution in [-0.2, 0) is 6.61 Å². The van der Waals surface area contributed by atoms with Gasteiger partial charge in [-0.15, -0.1) is 0 Å². The zero-order chi connectivity index (χ0) is 14.5. The Balaban J connectivity index is 2.21. The minimum absolute atomic E-state index is 0.0432. The molecule has 0 bridgehead atoms. The second kappa shape index (κ2) is 6.21. The molecule has 0 fully saturated rings. The van der Waals surface area contributed by atoms with E-state index in [-0.39, 0.29) is 12.3 Å². The van der Waals surface area contributed by atoms with E-state index in [0.717, 1.165) is 5.56 Å². The van der Waals surface area contributed by atoms with Crippen LogP contribution in [0.3, 0.4) is 0 Å². The van der Waals surface area contributed by atoms with Gasteiger partial charge in [-0.2, -0.15) is 0 Å². The summed E-state index contributed by atoms with van der Waals surface area (Å²) in [6.45, 7) is 3.80. The molecule has 0 amide bonds. The Morgan fingerprint density at radius 1 is 1.30 bits per heavy atom. The average Bonchev–Trinajstić information content (AvgIpc) is 2.46. The molecular formula is C15H12ClNO3. The van der Waals surface area contributed by atoms with Gasteiger partial charge >= 0.3 is 0 Å². The maximum atomic E-state index is 10.9. The molecule has 0 aliphatic carbocycles. The minimum atomic E-state index is -0.422. The van der Waals surface area contributed by atoms with Gasteiger partial charge in [-0.25, -0.2) is 0 Å². The molecule has 0 aliphatic rings. The van der Waals surface area contributed by atoms with Gasteiger partial charge in [0.1, 0.15) is 12.4 Å². The van der Waals surface area contributed by atoms with Crippen LogP contribution in [0.5, 0.6) is 5.75 Å². The van der Waals surface area contributed by atoms with E-state index in [1.54, 1.807) is 42.5 Å². The molecule has 0 aromatic heterocycles. The summed E-state index contributed by atoms with van der Waals surface area (Å²) in [4.78, 5) is 10.5. The Labute approximate surface area is 121 Å². The molecule has 2 aromatic carbocycles. The van der Waals surface area contributed by atoms with Crippen molar-refractivity contribution < 1.29 is 9.66 Å². The molecule has 20 heavy (non-hydrogen) atoms. The maximum Gasteiger partial charge on any atom is 0.276 e. The van der Waals surface area contributed by atoms with Crippen molar-refractivity contribution in [2.24, 2.45) is 0 Å². The second-order valence-electron chi connectivity index (χ2n) is 4.06. The summed E-state index contributed by atoms with van der Waals surface area (Å²) in [5, 5.41) is 11.5. The lowest BCUT2D eigenvalue weighted by atomic mass is 10.2. The second-order valence-corrected chi connectivity index (χ2v) is 4.50. The summed E-state index contributed by atoms with van der Waals surface area (Å²) >= 11 is 5.89. The summed E-state index contributed by atoms with van der Waals surface area (Å²) in [5.41, 5.74) is 1.31. The monoisotopic (exact) mass is 289 g/mol. The van der Waals surface area contributed by atoms with E-state index in [4.69, 9.17) is 16.3 Å². The lowest BCUT2D eigenvalue weighted by Crippen LogP contribution is -2.01. The minimum Gasteiger partial charge on any atom is -0.488 e. The summed E-state index contributed by atoms with van der Waals surface area (Å²) in [6, 6.07) is 11.6. The smallest absolute Gasteiger partial charge is 0.276 e. The van der Waals surface area contributed by atoms with Gasteiger partial charge in [0, 0.05) is 16.7 Å². The molecule has 2 rings (SSSR count).